The number of aliphatic carboxylic acids is 1. The molecule has 19 heavy (non-hydrogen) atoms. The van der Waals surface area contributed by atoms with Gasteiger partial charge in [0.05, 0.1) is 5.75 Å². The van der Waals surface area contributed by atoms with Crippen molar-refractivity contribution in [3.8, 4) is 0 Å². The molecule has 0 radical (unpaired) electrons. The Labute approximate surface area is 115 Å². The first-order chi connectivity index (χ1) is 8.78. The van der Waals surface area contributed by atoms with E-state index in [-0.39, 0.29) is 17.2 Å². The molecule has 0 bridgehead atoms. The summed E-state index contributed by atoms with van der Waals surface area (Å²) in [5.41, 5.74) is -0.259. The predicted molar refractivity (Wildman–Crippen MR) is 70.9 cm³/mol. The molecule has 0 aliphatic rings. The number of amides is 1. The maximum atomic E-state index is 11.7. The molecule has 0 saturated heterocycles. The summed E-state index contributed by atoms with van der Waals surface area (Å²) < 4.78 is 1.68. The molecule has 0 aromatic carbocycles. The fourth-order valence-corrected chi connectivity index (χ4v) is 2.00. The van der Waals surface area contributed by atoms with Gasteiger partial charge in [0.15, 0.2) is 5.16 Å². The number of nitrogens with one attached hydrogen (secondary N) is 1. The molecule has 7 nitrogen and oxygen atoms in total. The molecule has 1 amide bonds. The molecule has 1 aromatic rings. The average molecular weight is 286 g/mol. The van der Waals surface area contributed by atoms with Gasteiger partial charge in [-0.1, -0.05) is 11.8 Å². The van der Waals surface area contributed by atoms with Crippen molar-refractivity contribution in [3.05, 3.63) is 6.33 Å². The minimum absolute atomic E-state index is 0.0598. The van der Waals surface area contributed by atoms with Crippen LogP contribution in [0.25, 0.3) is 0 Å². The molecular formula is C11H18N4O3S. The number of carboxylic acids is 1. The van der Waals surface area contributed by atoms with Crippen LogP contribution in [-0.4, -0.2) is 43.0 Å². The Hall–Kier alpha value is -1.57. The number of aryl methyl sites for hydroxylation is 1. The predicted octanol–water partition coefficient (Wildman–Crippen LogP) is 0.760. The van der Waals surface area contributed by atoms with E-state index in [1.807, 2.05) is 20.8 Å². The molecule has 2 N–H and O–H groups in total. The van der Waals surface area contributed by atoms with Crippen molar-refractivity contribution in [2.45, 2.75) is 44.4 Å². The Kier molecular flexibility index (Phi) is 5.34. The van der Waals surface area contributed by atoms with Crippen LogP contribution in [-0.2, 0) is 16.1 Å². The number of nitrogens with zero attached hydrogens (tertiary/aromatic N) is 3. The number of carbonyl (C=O) groups is 2. The van der Waals surface area contributed by atoms with Crippen LogP contribution < -0.4 is 5.32 Å². The number of carbonyl (C=O) groups excluding carboxylic acids is 1. The molecule has 106 valence electrons. The molecule has 0 unspecified atom stereocenters. The molecule has 0 fully saturated rings. The molecule has 0 spiro atoms. The summed E-state index contributed by atoms with van der Waals surface area (Å²) in [7, 11) is 0. The Morgan fingerprint density at radius 3 is 2.74 bits per heavy atom. The zero-order valence-corrected chi connectivity index (χ0v) is 12.0. The number of rotatable bonds is 6. The van der Waals surface area contributed by atoms with Gasteiger partial charge in [0.2, 0.25) is 5.91 Å². The SMILES string of the molecule is CC(C)(C)NC(=O)CCn1cnnc1SCC(=O)O. The van der Waals surface area contributed by atoms with Gasteiger partial charge in [0.25, 0.3) is 0 Å². The van der Waals surface area contributed by atoms with Crippen molar-refractivity contribution in [1.82, 2.24) is 20.1 Å². The summed E-state index contributed by atoms with van der Waals surface area (Å²) in [6.07, 6.45) is 1.80. The van der Waals surface area contributed by atoms with E-state index < -0.39 is 5.97 Å². The zero-order chi connectivity index (χ0) is 14.5. The Morgan fingerprint density at radius 2 is 2.16 bits per heavy atom. The lowest BCUT2D eigenvalue weighted by Crippen LogP contribution is -2.40. The first-order valence-corrected chi connectivity index (χ1v) is 6.80. The van der Waals surface area contributed by atoms with Crippen LogP contribution in [0, 0.1) is 0 Å². The van der Waals surface area contributed by atoms with E-state index in [4.69, 9.17) is 5.11 Å². The highest BCUT2D eigenvalue weighted by molar-refractivity contribution is 7.99. The molecule has 0 saturated carbocycles. The molecule has 0 aliphatic carbocycles. The monoisotopic (exact) mass is 286 g/mol. The molecule has 1 rings (SSSR count). The van der Waals surface area contributed by atoms with E-state index >= 15 is 0 Å². The van der Waals surface area contributed by atoms with Crippen molar-refractivity contribution >= 4 is 23.6 Å². The second kappa shape index (κ2) is 6.55. The number of hydrogen-bond acceptors (Lipinski definition) is 5. The van der Waals surface area contributed by atoms with Gasteiger partial charge in [0, 0.05) is 18.5 Å². The third kappa shape index (κ3) is 6.23. The highest BCUT2D eigenvalue weighted by Crippen LogP contribution is 2.14. The van der Waals surface area contributed by atoms with E-state index in [0.717, 1.165) is 11.8 Å². The van der Waals surface area contributed by atoms with Crippen molar-refractivity contribution in [1.29, 1.82) is 0 Å². The van der Waals surface area contributed by atoms with E-state index in [1.165, 1.54) is 6.33 Å². The van der Waals surface area contributed by atoms with Gasteiger partial charge in [-0.05, 0) is 20.8 Å². The van der Waals surface area contributed by atoms with Crippen LogP contribution in [0.5, 0.6) is 0 Å². The van der Waals surface area contributed by atoms with Crippen molar-refractivity contribution in [3.63, 3.8) is 0 Å². The molecule has 1 heterocycles. The normalized spacial score (nSPS) is 11.3. The van der Waals surface area contributed by atoms with Crippen molar-refractivity contribution in [2.75, 3.05) is 5.75 Å². The quantitative estimate of drug-likeness (QED) is 0.749. The van der Waals surface area contributed by atoms with E-state index in [2.05, 4.69) is 15.5 Å². The Balaban J connectivity index is 2.47. The van der Waals surface area contributed by atoms with E-state index in [0.29, 0.717) is 18.1 Å². The van der Waals surface area contributed by atoms with Gasteiger partial charge in [-0.3, -0.25) is 9.59 Å². The van der Waals surface area contributed by atoms with Gasteiger partial charge >= 0.3 is 5.97 Å². The van der Waals surface area contributed by atoms with Crippen LogP contribution >= 0.6 is 11.8 Å². The lowest BCUT2D eigenvalue weighted by Gasteiger charge is -2.20. The van der Waals surface area contributed by atoms with Crippen molar-refractivity contribution in [2.24, 2.45) is 0 Å². The van der Waals surface area contributed by atoms with Gasteiger partial charge in [-0.25, -0.2) is 0 Å². The average Bonchev–Trinajstić information content (AvgIpc) is 2.68. The number of hydrogen-bond donors (Lipinski definition) is 2. The minimum Gasteiger partial charge on any atom is -0.481 e. The summed E-state index contributed by atoms with van der Waals surface area (Å²) >= 11 is 1.08. The summed E-state index contributed by atoms with van der Waals surface area (Å²) in [4.78, 5) is 22.2. The zero-order valence-electron chi connectivity index (χ0n) is 11.2. The van der Waals surface area contributed by atoms with Crippen LogP contribution in [0.2, 0.25) is 0 Å². The molecule has 1 aromatic heterocycles. The van der Waals surface area contributed by atoms with Crippen LogP contribution in [0.15, 0.2) is 11.5 Å². The van der Waals surface area contributed by atoms with Crippen molar-refractivity contribution < 1.29 is 14.7 Å². The minimum atomic E-state index is -0.912. The number of aromatic nitrogens is 3. The standard InChI is InChI=1S/C11H18N4O3S/c1-11(2,3)13-8(16)4-5-15-7-12-14-10(15)19-6-9(17)18/h7H,4-6H2,1-3H3,(H,13,16)(H,17,18). The fraction of sp³-hybridized carbons (Fsp3) is 0.636. The van der Waals surface area contributed by atoms with Crippen LogP contribution in [0.3, 0.4) is 0 Å². The third-order valence-corrected chi connectivity index (χ3v) is 2.96. The van der Waals surface area contributed by atoms with Gasteiger partial charge < -0.3 is 15.0 Å². The maximum Gasteiger partial charge on any atom is 0.313 e. The van der Waals surface area contributed by atoms with Gasteiger partial charge in [-0.2, -0.15) is 0 Å². The summed E-state index contributed by atoms with van der Waals surface area (Å²) in [5, 5.41) is 19.5. The smallest absolute Gasteiger partial charge is 0.313 e. The lowest BCUT2D eigenvalue weighted by molar-refractivity contribution is -0.134. The summed E-state index contributed by atoms with van der Waals surface area (Å²) in [6, 6.07) is 0. The second-order valence-electron chi connectivity index (χ2n) is 5.04. The highest BCUT2D eigenvalue weighted by Gasteiger charge is 2.14. The van der Waals surface area contributed by atoms with Gasteiger partial charge in [-0.15, -0.1) is 10.2 Å². The topological polar surface area (TPSA) is 97.1 Å². The fourth-order valence-electron chi connectivity index (χ4n) is 1.34. The molecular weight excluding hydrogens is 268 g/mol. The van der Waals surface area contributed by atoms with Crippen LogP contribution in [0.1, 0.15) is 27.2 Å². The summed E-state index contributed by atoms with van der Waals surface area (Å²) in [6.45, 7) is 6.17. The van der Waals surface area contributed by atoms with E-state index in [9.17, 15) is 9.59 Å². The second-order valence-corrected chi connectivity index (χ2v) is 5.98. The summed E-state index contributed by atoms with van der Waals surface area (Å²) in [5.74, 6) is -1.05. The molecule has 0 atom stereocenters. The van der Waals surface area contributed by atoms with Crippen LogP contribution in [0.4, 0.5) is 0 Å². The lowest BCUT2D eigenvalue weighted by atomic mass is 10.1. The van der Waals surface area contributed by atoms with Gasteiger partial charge in [0.1, 0.15) is 6.33 Å². The van der Waals surface area contributed by atoms with E-state index in [1.54, 1.807) is 4.57 Å². The highest BCUT2D eigenvalue weighted by atomic mass is 32.2. The third-order valence-electron chi connectivity index (χ3n) is 2.00. The largest absolute Gasteiger partial charge is 0.481 e. The molecule has 8 heteroatoms. The first-order valence-electron chi connectivity index (χ1n) is 5.81. The Bertz CT molecular complexity index is 453. The Morgan fingerprint density at radius 1 is 1.47 bits per heavy atom. The maximum absolute atomic E-state index is 11.7. The first kappa shape index (κ1) is 15.5. The number of carboxylic acid groups (broad SMARTS) is 1. The molecule has 0 aliphatic heterocycles. The number of thioether (sulfide) groups is 1.